The number of hydrogen-bond donors (Lipinski definition) is 0. The number of carbonyl (C=O) groups is 3. The first-order valence-electron chi connectivity index (χ1n) is 34.9. The van der Waals surface area contributed by atoms with Gasteiger partial charge in [-0.3, -0.25) is 14.4 Å². The van der Waals surface area contributed by atoms with Crippen LogP contribution >= 0.6 is 0 Å². The lowest BCUT2D eigenvalue weighted by atomic mass is 10.0. The number of hydrogen-bond acceptors (Lipinski definition) is 6. The molecule has 0 aliphatic heterocycles. The zero-order chi connectivity index (χ0) is 59.2. The molecule has 0 radical (unpaired) electrons. The summed E-state index contributed by atoms with van der Waals surface area (Å²) in [6.45, 7) is 6.44. The second kappa shape index (κ2) is 69.6. The molecular weight excluding hydrogens is 1010 g/mol. The molecule has 0 aromatic rings. The van der Waals surface area contributed by atoms with Crippen molar-refractivity contribution in [2.75, 3.05) is 13.2 Å². The van der Waals surface area contributed by atoms with Crippen LogP contribution in [0.4, 0.5) is 0 Å². The van der Waals surface area contributed by atoms with E-state index in [1.54, 1.807) is 0 Å². The third-order valence-electron chi connectivity index (χ3n) is 15.0. The first-order valence-corrected chi connectivity index (χ1v) is 34.9. The molecule has 0 spiro atoms. The summed E-state index contributed by atoms with van der Waals surface area (Å²) in [5, 5.41) is 0. The van der Waals surface area contributed by atoms with Crippen LogP contribution in [0, 0.1) is 0 Å². The fourth-order valence-electron chi connectivity index (χ4n) is 9.76. The minimum absolute atomic E-state index is 0.104. The van der Waals surface area contributed by atoms with Crippen molar-refractivity contribution in [1.82, 2.24) is 0 Å². The van der Waals surface area contributed by atoms with Gasteiger partial charge in [-0.1, -0.05) is 310 Å². The van der Waals surface area contributed by atoms with Gasteiger partial charge in [0.2, 0.25) is 0 Å². The van der Waals surface area contributed by atoms with Gasteiger partial charge in [0.25, 0.3) is 0 Å². The van der Waals surface area contributed by atoms with E-state index in [9.17, 15) is 14.4 Å². The molecule has 6 heteroatoms. The van der Waals surface area contributed by atoms with E-state index >= 15 is 0 Å². The third kappa shape index (κ3) is 66.9. The Bertz CT molecular complexity index is 1640. The number of esters is 3. The highest BCUT2D eigenvalue weighted by atomic mass is 16.6. The zero-order valence-electron chi connectivity index (χ0n) is 54.0. The maximum Gasteiger partial charge on any atom is 0.306 e. The molecule has 0 fully saturated rings. The fourth-order valence-corrected chi connectivity index (χ4v) is 9.76. The van der Waals surface area contributed by atoms with Crippen molar-refractivity contribution in [3.63, 3.8) is 0 Å². The lowest BCUT2D eigenvalue weighted by Crippen LogP contribution is -2.30. The zero-order valence-corrected chi connectivity index (χ0v) is 54.0. The van der Waals surface area contributed by atoms with Gasteiger partial charge in [-0.25, -0.2) is 0 Å². The smallest absolute Gasteiger partial charge is 0.306 e. The standard InChI is InChI=1S/C76H130O6/c1-4-7-10-13-16-19-22-25-28-30-31-32-33-34-35-36-37-38-39-40-41-42-43-44-45-47-48-51-54-57-60-63-66-69-75(78)81-72-73(71-80-74(77)68-65-62-59-56-53-50-27-24-21-18-15-12-9-6-3)82-76(79)70-67-64-61-58-55-52-49-46-29-26-23-20-17-14-11-8-5-2/h8,11,15,17-18,20,22,24-27,29-31,49,52,58,61,73H,4-7,9-10,12-14,16,19,21,23,28,32-48,50-51,53-57,59-60,62-72H2,1-3H3/b11-8-,18-15-,20-17-,25-22-,27-24-,29-26-,31-30-,52-49-,61-58-. The number of allylic oxidation sites excluding steroid dienone is 18. The highest BCUT2D eigenvalue weighted by Crippen LogP contribution is 2.17. The first kappa shape index (κ1) is 78.1. The number of rotatable bonds is 63. The maximum absolute atomic E-state index is 12.9. The van der Waals surface area contributed by atoms with Crippen LogP contribution in [0.15, 0.2) is 109 Å². The Hall–Kier alpha value is -3.93. The molecule has 0 saturated carbocycles. The van der Waals surface area contributed by atoms with Crippen molar-refractivity contribution < 1.29 is 28.6 Å². The molecular formula is C76H130O6. The summed E-state index contributed by atoms with van der Waals surface area (Å²) in [5.41, 5.74) is 0. The molecule has 82 heavy (non-hydrogen) atoms. The summed E-state index contributed by atoms with van der Waals surface area (Å²) in [5.74, 6) is -0.967. The molecule has 0 N–H and O–H groups in total. The summed E-state index contributed by atoms with van der Waals surface area (Å²) in [4.78, 5) is 38.3. The maximum atomic E-state index is 12.9. The van der Waals surface area contributed by atoms with E-state index in [-0.39, 0.29) is 37.5 Å². The van der Waals surface area contributed by atoms with Crippen LogP contribution in [0.1, 0.15) is 335 Å². The fraction of sp³-hybridized carbons (Fsp3) is 0.724. The van der Waals surface area contributed by atoms with Crippen LogP contribution < -0.4 is 0 Å². The van der Waals surface area contributed by atoms with Crippen molar-refractivity contribution >= 4 is 17.9 Å². The Balaban J connectivity index is 4.22. The van der Waals surface area contributed by atoms with Gasteiger partial charge in [0.1, 0.15) is 13.2 Å². The Morgan fingerprint density at radius 3 is 0.817 bits per heavy atom. The largest absolute Gasteiger partial charge is 0.462 e. The highest BCUT2D eigenvalue weighted by Gasteiger charge is 2.19. The Kier molecular flexibility index (Phi) is 66.2. The number of ether oxygens (including phenoxy) is 3. The molecule has 0 rings (SSSR count). The molecule has 0 amide bonds. The van der Waals surface area contributed by atoms with E-state index in [1.807, 2.05) is 0 Å². The van der Waals surface area contributed by atoms with Crippen molar-refractivity contribution in [3.05, 3.63) is 109 Å². The molecule has 0 aliphatic carbocycles. The molecule has 0 aromatic carbocycles. The van der Waals surface area contributed by atoms with E-state index in [4.69, 9.17) is 14.2 Å². The van der Waals surface area contributed by atoms with Crippen molar-refractivity contribution in [1.29, 1.82) is 0 Å². The number of carbonyl (C=O) groups excluding carboxylic acids is 3. The predicted octanol–water partition coefficient (Wildman–Crippen LogP) is 24.2. The van der Waals surface area contributed by atoms with Crippen molar-refractivity contribution in [2.45, 2.75) is 341 Å². The molecule has 6 nitrogen and oxygen atoms in total. The topological polar surface area (TPSA) is 78.9 Å². The summed E-state index contributed by atoms with van der Waals surface area (Å²) >= 11 is 0. The van der Waals surface area contributed by atoms with E-state index < -0.39 is 6.10 Å². The van der Waals surface area contributed by atoms with Gasteiger partial charge >= 0.3 is 17.9 Å². The first-order chi connectivity index (χ1) is 40.5. The van der Waals surface area contributed by atoms with Crippen LogP contribution in [-0.4, -0.2) is 37.2 Å². The van der Waals surface area contributed by atoms with Crippen molar-refractivity contribution in [2.24, 2.45) is 0 Å². The Morgan fingerprint density at radius 1 is 0.256 bits per heavy atom. The van der Waals surface area contributed by atoms with Gasteiger partial charge in [-0.05, 0) is 116 Å². The molecule has 470 valence electrons. The van der Waals surface area contributed by atoms with Crippen LogP contribution in [0.25, 0.3) is 0 Å². The van der Waals surface area contributed by atoms with Gasteiger partial charge < -0.3 is 14.2 Å². The second-order valence-electron chi connectivity index (χ2n) is 23.1. The normalized spacial score (nSPS) is 12.8. The molecule has 1 atom stereocenters. The van der Waals surface area contributed by atoms with E-state index in [0.29, 0.717) is 19.3 Å². The van der Waals surface area contributed by atoms with Crippen LogP contribution in [0.3, 0.4) is 0 Å². The van der Waals surface area contributed by atoms with E-state index in [0.717, 1.165) is 109 Å². The molecule has 0 saturated heterocycles. The summed E-state index contributed by atoms with van der Waals surface area (Å²) in [6, 6.07) is 0. The Labute approximate surface area is 508 Å². The van der Waals surface area contributed by atoms with Crippen molar-refractivity contribution in [3.8, 4) is 0 Å². The van der Waals surface area contributed by atoms with E-state index in [2.05, 4.69) is 130 Å². The average molecular weight is 1140 g/mol. The lowest BCUT2D eigenvalue weighted by Gasteiger charge is -2.18. The molecule has 1 unspecified atom stereocenters. The van der Waals surface area contributed by atoms with Gasteiger partial charge in [-0.15, -0.1) is 0 Å². The van der Waals surface area contributed by atoms with E-state index in [1.165, 1.54) is 180 Å². The second-order valence-corrected chi connectivity index (χ2v) is 23.1. The third-order valence-corrected chi connectivity index (χ3v) is 15.0. The lowest BCUT2D eigenvalue weighted by molar-refractivity contribution is -0.167. The quantitative estimate of drug-likeness (QED) is 0.0261. The highest BCUT2D eigenvalue weighted by molar-refractivity contribution is 5.71. The monoisotopic (exact) mass is 1140 g/mol. The summed E-state index contributed by atoms with van der Waals surface area (Å²) in [6.07, 6.45) is 95.7. The van der Waals surface area contributed by atoms with Crippen LogP contribution in [0.5, 0.6) is 0 Å². The van der Waals surface area contributed by atoms with Gasteiger partial charge in [0.05, 0.1) is 0 Å². The van der Waals surface area contributed by atoms with Gasteiger partial charge in [-0.2, -0.15) is 0 Å². The molecule has 0 aliphatic rings. The summed E-state index contributed by atoms with van der Waals surface area (Å²) < 4.78 is 16.9. The number of unbranched alkanes of at least 4 members (excludes halogenated alkanes) is 34. The molecule has 0 aromatic heterocycles. The predicted molar refractivity (Wildman–Crippen MR) is 357 cm³/mol. The Morgan fingerprint density at radius 2 is 0.500 bits per heavy atom. The minimum atomic E-state index is -0.815. The molecule has 0 bridgehead atoms. The van der Waals surface area contributed by atoms with Gasteiger partial charge in [0, 0.05) is 19.3 Å². The summed E-state index contributed by atoms with van der Waals surface area (Å²) in [7, 11) is 0. The van der Waals surface area contributed by atoms with Gasteiger partial charge in [0.15, 0.2) is 6.10 Å². The SMILES string of the molecule is CC/C=C\C/C=C\C/C=C\C/C=C\C/C=C\CCCC(=O)OC(COC(=O)CCCCCCC/C=C\C/C=C\CCCC)COC(=O)CCCCCCCCCCCCCCCCCCCCCCC/C=C\C/C=C\CCCCCCC. The molecule has 0 heterocycles. The minimum Gasteiger partial charge on any atom is -0.462 e. The average Bonchev–Trinajstić information content (AvgIpc) is 3.48. The van der Waals surface area contributed by atoms with Crippen LogP contribution in [0.2, 0.25) is 0 Å². The van der Waals surface area contributed by atoms with Crippen LogP contribution in [-0.2, 0) is 28.6 Å².